The van der Waals surface area contributed by atoms with Crippen molar-refractivity contribution < 1.29 is 9.53 Å². The van der Waals surface area contributed by atoms with Crippen LogP contribution in [-0.4, -0.2) is 35.8 Å². The number of thiocarbonyl (C=S) groups is 1. The predicted octanol–water partition coefficient (Wildman–Crippen LogP) is 2.63. The Bertz CT molecular complexity index is 297. The molecule has 1 heterocycles. The second-order valence-electron chi connectivity index (χ2n) is 5.77. The van der Waals surface area contributed by atoms with Crippen LogP contribution in [0.1, 0.15) is 34.1 Å². The lowest BCUT2D eigenvalue weighted by molar-refractivity contribution is 0.135. The summed E-state index contributed by atoms with van der Waals surface area (Å²) in [5.41, 5.74) is 0. The van der Waals surface area contributed by atoms with E-state index >= 15 is 0 Å². The maximum atomic E-state index is 11.5. The number of likely N-dealkylation sites (tertiary alicyclic amines) is 1. The van der Waals surface area contributed by atoms with Crippen molar-refractivity contribution in [2.75, 3.05) is 19.7 Å². The highest BCUT2D eigenvalue weighted by atomic mass is 32.1. The molecule has 2 atom stereocenters. The van der Waals surface area contributed by atoms with Gasteiger partial charge < -0.3 is 9.64 Å². The highest BCUT2D eigenvalue weighted by Gasteiger charge is 2.24. The molecule has 1 rings (SSSR count). The van der Waals surface area contributed by atoms with Crippen LogP contribution in [-0.2, 0) is 4.74 Å². The Morgan fingerprint density at radius 3 is 2.44 bits per heavy atom. The average molecular weight is 272 g/mol. The molecule has 2 unspecified atom stereocenters. The van der Waals surface area contributed by atoms with Crippen LogP contribution < -0.4 is 5.32 Å². The van der Waals surface area contributed by atoms with Gasteiger partial charge in [-0.2, -0.15) is 0 Å². The zero-order chi connectivity index (χ0) is 13.7. The van der Waals surface area contributed by atoms with Gasteiger partial charge in [-0.05, 0) is 36.4 Å². The fraction of sp³-hybridized carbons (Fsp3) is 0.846. The Balaban J connectivity index is 2.37. The van der Waals surface area contributed by atoms with Crippen LogP contribution in [0, 0.1) is 17.8 Å². The average Bonchev–Trinajstić information content (AvgIpc) is 2.25. The molecule has 0 aliphatic carbocycles. The molecule has 1 N–H and O–H groups in total. The van der Waals surface area contributed by atoms with Crippen LogP contribution in [0.25, 0.3) is 0 Å². The summed E-state index contributed by atoms with van der Waals surface area (Å²) in [7, 11) is 0. The molecule has 0 spiro atoms. The van der Waals surface area contributed by atoms with Crippen molar-refractivity contribution in [2.45, 2.75) is 34.1 Å². The third kappa shape index (κ3) is 5.21. The summed E-state index contributed by atoms with van der Waals surface area (Å²) in [6.07, 6.45) is 0.774. The van der Waals surface area contributed by atoms with Crippen molar-refractivity contribution in [3.8, 4) is 0 Å². The zero-order valence-corrected chi connectivity index (χ0v) is 12.5. The second kappa shape index (κ2) is 6.92. The number of amides is 1. The summed E-state index contributed by atoms with van der Waals surface area (Å²) in [4.78, 5) is 13.6. The van der Waals surface area contributed by atoms with E-state index in [2.05, 4.69) is 24.1 Å². The number of hydrogen-bond donors (Lipinski definition) is 1. The van der Waals surface area contributed by atoms with Crippen molar-refractivity contribution in [1.82, 2.24) is 10.2 Å². The Morgan fingerprint density at radius 2 is 1.94 bits per heavy atom. The largest absolute Gasteiger partial charge is 0.449 e. The quantitative estimate of drug-likeness (QED) is 0.785. The van der Waals surface area contributed by atoms with Crippen LogP contribution in [0.3, 0.4) is 0 Å². The van der Waals surface area contributed by atoms with E-state index in [1.807, 2.05) is 13.8 Å². The number of ether oxygens (including phenoxy) is 1. The number of hydrogen-bond acceptors (Lipinski definition) is 3. The third-order valence-corrected chi connectivity index (χ3v) is 3.27. The van der Waals surface area contributed by atoms with Gasteiger partial charge in [0.05, 0.1) is 6.61 Å². The van der Waals surface area contributed by atoms with Crippen molar-refractivity contribution in [2.24, 2.45) is 17.8 Å². The maximum absolute atomic E-state index is 11.5. The molecule has 1 fully saturated rings. The van der Waals surface area contributed by atoms with Crippen molar-refractivity contribution >= 4 is 23.4 Å². The molecule has 1 amide bonds. The number of alkyl carbamates (subject to hydrolysis) is 1. The number of piperidine rings is 1. The van der Waals surface area contributed by atoms with E-state index in [4.69, 9.17) is 17.0 Å². The molecule has 0 bridgehead atoms. The molecule has 0 aromatic carbocycles. The van der Waals surface area contributed by atoms with E-state index in [9.17, 15) is 4.79 Å². The number of carbonyl (C=O) groups excluding carboxylic acids is 1. The highest BCUT2D eigenvalue weighted by molar-refractivity contribution is 7.80. The lowest BCUT2D eigenvalue weighted by atomic mass is 9.92. The first-order valence-corrected chi connectivity index (χ1v) is 7.02. The number of nitrogens with one attached hydrogen (secondary N) is 1. The van der Waals surface area contributed by atoms with E-state index in [0.29, 0.717) is 29.5 Å². The molecule has 0 aromatic heterocycles. The Morgan fingerprint density at radius 1 is 1.39 bits per heavy atom. The minimum absolute atomic E-state index is 0.333. The molecule has 0 radical (unpaired) electrons. The van der Waals surface area contributed by atoms with Gasteiger partial charge in [0, 0.05) is 13.1 Å². The van der Waals surface area contributed by atoms with Gasteiger partial charge in [-0.3, -0.25) is 5.32 Å². The monoisotopic (exact) mass is 272 g/mol. The van der Waals surface area contributed by atoms with Gasteiger partial charge in [0.25, 0.3) is 0 Å². The van der Waals surface area contributed by atoms with E-state index < -0.39 is 6.09 Å². The molecule has 1 aliphatic heterocycles. The van der Waals surface area contributed by atoms with Gasteiger partial charge in [-0.1, -0.05) is 27.7 Å². The van der Waals surface area contributed by atoms with E-state index in [0.717, 1.165) is 13.1 Å². The minimum Gasteiger partial charge on any atom is -0.449 e. The smallest absolute Gasteiger partial charge is 0.413 e. The van der Waals surface area contributed by atoms with Crippen molar-refractivity contribution in [1.29, 1.82) is 0 Å². The Hall–Kier alpha value is -0.840. The number of rotatable bonds is 2. The van der Waals surface area contributed by atoms with Gasteiger partial charge in [0.1, 0.15) is 0 Å². The van der Waals surface area contributed by atoms with Gasteiger partial charge in [0.15, 0.2) is 5.11 Å². The standard InChI is InChI=1S/C13H24N2O2S/c1-9(2)8-17-13(16)14-12(18)15-6-10(3)5-11(4)7-15/h9-11H,5-8H2,1-4H3,(H,14,16,18). The summed E-state index contributed by atoms with van der Waals surface area (Å²) < 4.78 is 5.05. The molecule has 18 heavy (non-hydrogen) atoms. The molecular weight excluding hydrogens is 248 g/mol. The molecule has 0 saturated carbocycles. The first-order chi connectivity index (χ1) is 8.38. The van der Waals surface area contributed by atoms with Crippen LogP contribution in [0.4, 0.5) is 4.79 Å². The van der Waals surface area contributed by atoms with Crippen LogP contribution in [0.2, 0.25) is 0 Å². The molecule has 104 valence electrons. The molecule has 1 saturated heterocycles. The van der Waals surface area contributed by atoms with Crippen molar-refractivity contribution in [3.05, 3.63) is 0 Å². The summed E-state index contributed by atoms with van der Waals surface area (Å²) in [6, 6.07) is 0. The molecular formula is C13H24N2O2S. The molecule has 5 heteroatoms. The van der Waals surface area contributed by atoms with Gasteiger partial charge in [-0.15, -0.1) is 0 Å². The van der Waals surface area contributed by atoms with Crippen LogP contribution in [0.15, 0.2) is 0 Å². The first-order valence-electron chi connectivity index (χ1n) is 6.61. The van der Waals surface area contributed by atoms with Gasteiger partial charge >= 0.3 is 6.09 Å². The predicted molar refractivity (Wildman–Crippen MR) is 76.4 cm³/mol. The SMILES string of the molecule is CC(C)COC(=O)NC(=S)N1CC(C)CC(C)C1. The van der Waals surface area contributed by atoms with Gasteiger partial charge in [-0.25, -0.2) is 4.79 Å². The highest BCUT2D eigenvalue weighted by Crippen LogP contribution is 2.20. The Kier molecular flexibility index (Phi) is 5.85. The molecule has 4 nitrogen and oxygen atoms in total. The summed E-state index contributed by atoms with van der Waals surface area (Å²) in [5.74, 6) is 1.56. The normalized spacial score (nSPS) is 23.9. The molecule has 1 aliphatic rings. The van der Waals surface area contributed by atoms with E-state index in [1.54, 1.807) is 0 Å². The van der Waals surface area contributed by atoms with Crippen molar-refractivity contribution in [3.63, 3.8) is 0 Å². The second-order valence-corrected chi connectivity index (χ2v) is 6.16. The zero-order valence-electron chi connectivity index (χ0n) is 11.7. The minimum atomic E-state index is -0.445. The lowest BCUT2D eigenvalue weighted by Crippen LogP contribution is -2.49. The number of carbonyl (C=O) groups is 1. The summed E-state index contributed by atoms with van der Waals surface area (Å²) >= 11 is 5.25. The van der Waals surface area contributed by atoms with E-state index in [-0.39, 0.29) is 0 Å². The third-order valence-electron chi connectivity index (χ3n) is 2.91. The van der Waals surface area contributed by atoms with E-state index in [1.165, 1.54) is 6.42 Å². The lowest BCUT2D eigenvalue weighted by Gasteiger charge is -2.36. The first kappa shape index (κ1) is 15.2. The van der Waals surface area contributed by atoms with Gasteiger partial charge in [0.2, 0.25) is 0 Å². The van der Waals surface area contributed by atoms with Crippen LogP contribution in [0.5, 0.6) is 0 Å². The maximum Gasteiger partial charge on any atom is 0.413 e. The molecule has 0 aromatic rings. The summed E-state index contributed by atoms with van der Waals surface area (Å²) in [6.45, 7) is 10.7. The topological polar surface area (TPSA) is 41.6 Å². The Labute approximate surface area is 115 Å². The van der Waals surface area contributed by atoms with Crippen LogP contribution >= 0.6 is 12.2 Å². The summed E-state index contributed by atoms with van der Waals surface area (Å²) in [5, 5.41) is 3.13. The fourth-order valence-electron chi connectivity index (χ4n) is 2.27. The fourth-order valence-corrected chi connectivity index (χ4v) is 2.51. The number of nitrogens with zero attached hydrogens (tertiary/aromatic N) is 1.